The molecule has 4 nitrogen and oxygen atoms in total. The molecule has 0 radical (unpaired) electrons. The Morgan fingerprint density at radius 2 is 1.79 bits per heavy atom. The van der Waals surface area contributed by atoms with Crippen LogP contribution in [0, 0.1) is 0 Å². The van der Waals surface area contributed by atoms with Crippen molar-refractivity contribution < 1.29 is 17.9 Å². The van der Waals surface area contributed by atoms with Gasteiger partial charge in [0.05, 0.1) is 17.3 Å². The van der Waals surface area contributed by atoms with Gasteiger partial charge in [0.15, 0.2) is 15.6 Å². The van der Waals surface area contributed by atoms with E-state index in [1.807, 2.05) is 38.1 Å². The number of unbranched alkanes of at least 4 members (excludes halogenated alkanes) is 4. The first kappa shape index (κ1) is 27.1. The molecule has 0 unspecified atom stereocenters. The molecule has 33 heavy (non-hydrogen) atoms. The van der Waals surface area contributed by atoms with Gasteiger partial charge in [-0.05, 0) is 73.9 Å². The number of ketones is 1. The van der Waals surface area contributed by atoms with Gasteiger partial charge in [-0.2, -0.15) is 0 Å². The molecule has 0 spiro atoms. The molecule has 0 aliphatic carbocycles. The van der Waals surface area contributed by atoms with Crippen molar-refractivity contribution in [1.82, 2.24) is 0 Å². The lowest BCUT2D eigenvalue weighted by molar-refractivity contribution is -0.112. The van der Waals surface area contributed by atoms with Crippen LogP contribution in [0.5, 0.6) is 5.75 Å². The number of rotatable bonds is 11. The third kappa shape index (κ3) is 7.70. The SMILES string of the molecule is CCCCCCCOc1cc2c(cc1/C(C)=C/C=C/C(C)=C/C(C)=O)C(C)(C)CCS2(=O)=O. The molecule has 0 aromatic heterocycles. The topological polar surface area (TPSA) is 60.4 Å². The number of hydrogen-bond acceptors (Lipinski definition) is 4. The zero-order valence-corrected chi connectivity index (χ0v) is 22.0. The van der Waals surface area contributed by atoms with Crippen LogP contribution in [0.1, 0.15) is 91.2 Å². The van der Waals surface area contributed by atoms with E-state index in [1.54, 1.807) is 12.1 Å². The normalized spacial score (nSPS) is 17.8. The lowest BCUT2D eigenvalue weighted by Gasteiger charge is -2.33. The van der Waals surface area contributed by atoms with Crippen molar-refractivity contribution in [2.75, 3.05) is 12.4 Å². The highest BCUT2D eigenvalue weighted by molar-refractivity contribution is 7.91. The number of ether oxygens (including phenoxy) is 1. The Hall–Kier alpha value is -2.14. The van der Waals surface area contributed by atoms with Crippen LogP contribution in [0.15, 0.2) is 46.9 Å². The lowest BCUT2D eigenvalue weighted by Crippen LogP contribution is -2.30. The van der Waals surface area contributed by atoms with Crippen LogP contribution in [-0.4, -0.2) is 26.6 Å². The van der Waals surface area contributed by atoms with Gasteiger partial charge in [-0.25, -0.2) is 8.42 Å². The van der Waals surface area contributed by atoms with E-state index in [1.165, 1.54) is 26.2 Å². The quantitative estimate of drug-likeness (QED) is 0.198. The summed E-state index contributed by atoms with van der Waals surface area (Å²) in [6.45, 7) is 12.4. The second-order valence-electron chi connectivity index (χ2n) is 9.77. The smallest absolute Gasteiger partial charge is 0.178 e. The Morgan fingerprint density at radius 1 is 1.09 bits per heavy atom. The summed E-state index contributed by atoms with van der Waals surface area (Å²) in [4.78, 5) is 11.7. The van der Waals surface area contributed by atoms with Crippen molar-refractivity contribution in [3.63, 3.8) is 0 Å². The molecule has 0 saturated carbocycles. The highest BCUT2D eigenvalue weighted by Gasteiger charge is 2.36. The van der Waals surface area contributed by atoms with Gasteiger partial charge in [-0.15, -0.1) is 0 Å². The summed E-state index contributed by atoms with van der Waals surface area (Å²) in [6.07, 6.45) is 13.7. The first-order valence-electron chi connectivity index (χ1n) is 12.1. The predicted octanol–water partition coefficient (Wildman–Crippen LogP) is 6.99. The van der Waals surface area contributed by atoms with E-state index in [2.05, 4.69) is 20.8 Å². The summed E-state index contributed by atoms with van der Waals surface area (Å²) in [5, 5.41) is 0. The molecule has 1 aromatic carbocycles. The maximum Gasteiger partial charge on any atom is 0.178 e. The van der Waals surface area contributed by atoms with E-state index in [4.69, 9.17) is 4.74 Å². The third-order valence-corrected chi connectivity index (χ3v) is 7.96. The average molecular weight is 473 g/mol. The molecule has 5 heteroatoms. The maximum absolute atomic E-state index is 12.9. The van der Waals surface area contributed by atoms with E-state index in [-0.39, 0.29) is 17.0 Å². The Bertz CT molecular complexity index is 1040. The Labute approximate surface area is 200 Å². The first-order chi connectivity index (χ1) is 15.5. The first-order valence-corrected chi connectivity index (χ1v) is 13.7. The molecule has 0 atom stereocenters. The molecule has 1 aromatic rings. The van der Waals surface area contributed by atoms with Crippen molar-refractivity contribution >= 4 is 21.2 Å². The molecule has 0 saturated heterocycles. The molecule has 1 heterocycles. The van der Waals surface area contributed by atoms with Crippen LogP contribution in [0.25, 0.3) is 5.57 Å². The van der Waals surface area contributed by atoms with Gasteiger partial charge in [0.1, 0.15) is 5.75 Å². The van der Waals surface area contributed by atoms with E-state index < -0.39 is 9.84 Å². The van der Waals surface area contributed by atoms with Gasteiger partial charge in [-0.1, -0.05) is 64.7 Å². The van der Waals surface area contributed by atoms with Gasteiger partial charge in [0.25, 0.3) is 0 Å². The minimum Gasteiger partial charge on any atom is -0.493 e. The molecule has 2 rings (SSSR count). The van der Waals surface area contributed by atoms with Gasteiger partial charge in [-0.3, -0.25) is 4.79 Å². The second-order valence-corrected chi connectivity index (χ2v) is 11.8. The molecular weight excluding hydrogens is 432 g/mol. The number of sulfone groups is 1. The molecular formula is C28H40O4S. The highest BCUT2D eigenvalue weighted by atomic mass is 32.2. The van der Waals surface area contributed by atoms with E-state index >= 15 is 0 Å². The average Bonchev–Trinajstić information content (AvgIpc) is 2.73. The Morgan fingerprint density at radius 3 is 2.45 bits per heavy atom. The number of carbonyl (C=O) groups is 1. The van der Waals surface area contributed by atoms with Crippen molar-refractivity contribution in [1.29, 1.82) is 0 Å². The van der Waals surface area contributed by atoms with Crippen LogP contribution < -0.4 is 4.74 Å². The monoisotopic (exact) mass is 472 g/mol. The zero-order valence-electron chi connectivity index (χ0n) is 21.2. The molecule has 0 bridgehead atoms. The van der Waals surface area contributed by atoms with Crippen LogP contribution in [0.2, 0.25) is 0 Å². The zero-order chi connectivity index (χ0) is 24.6. The Kier molecular flexibility index (Phi) is 9.71. The highest BCUT2D eigenvalue weighted by Crippen LogP contribution is 2.43. The number of carbonyl (C=O) groups excluding carboxylic acids is 1. The summed E-state index contributed by atoms with van der Waals surface area (Å²) in [7, 11) is -3.31. The fourth-order valence-electron chi connectivity index (χ4n) is 4.10. The molecule has 0 fully saturated rings. The van der Waals surface area contributed by atoms with Gasteiger partial charge in [0.2, 0.25) is 0 Å². The number of fused-ring (bicyclic) bond motifs is 1. The summed E-state index contributed by atoms with van der Waals surface area (Å²) in [6, 6.07) is 3.76. The minimum atomic E-state index is -3.31. The largest absolute Gasteiger partial charge is 0.493 e. The summed E-state index contributed by atoms with van der Waals surface area (Å²) in [5.41, 5.74) is 3.44. The fourth-order valence-corrected chi connectivity index (χ4v) is 6.06. The standard InChI is InChI=1S/C28H40O4S/c1-7-8-9-10-11-16-32-26-20-27-25(28(5,6)15-17-33(27,30)31)19-24(26)22(3)14-12-13-21(2)18-23(4)29/h12-14,18-20H,7-11,15-17H2,1-6H3/b13-12+,21-18+,22-14+. The number of hydrogen-bond donors (Lipinski definition) is 0. The summed E-state index contributed by atoms with van der Waals surface area (Å²) in [5.74, 6) is 0.816. The van der Waals surface area contributed by atoms with E-state index in [9.17, 15) is 13.2 Å². The van der Waals surface area contributed by atoms with Crippen LogP contribution in [0.4, 0.5) is 0 Å². The van der Waals surface area contributed by atoms with Gasteiger partial charge < -0.3 is 4.74 Å². The van der Waals surface area contributed by atoms with E-state index in [0.29, 0.717) is 23.7 Å². The molecule has 0 N–H and O–H groups in total. The number of benzene rings is 1. The van der Waals surface area contributed by atoms with Gasteiger partial charge >= 0.3 is 0 Å². The molecule has 1 aliphatic rings. The molecule has 182 valence electrons. The van der Waals surface area contributed by atoms with Crippen molar-refractivity contribution in [3.05, 3.63) is 53.1 Å². The Balaban J connectivity index is 2.42. The third-order valence-electron chi connectivity index (χ3n) is 6.21. The molecule has 1 aliphatic heterocycles. The summed E-state index contributed by atoms with van der Waals surface area (Å²) >= 11 is 0. The lowest BCUT2D eigenvalue weighted by atomic mass is 9.80. The van der Waals surface area contributed by atoms with E-state index in [0.717, 1.165) is 35.1 Å². The maximum atomic E-state index is 12.9. The van der Waals surface area contributed by atoms with Crippen molar-refractivity contribution in [2.45, 2.75) is 90.4 Å². The minimum absolute atomic E-state index is 0.0191. The predicted molar refractivity (Wildman–Crippen MR) is 138 cm³/mol. The van der Waals surface area contributed by atoms with Crippen LogP contribution in [0.3, 0.4) is 0 Å². The van der Waals surface area contributed by atoms with Crippen molar-refractivity contribution in [3.8, 4) is 5.75 Å². The second kappa shape index (κ2) is 11.8. The number of allylic oxidation sites excluding steroid dienone is 6. The molecule has 0 amide bonds. The van der Waals surface area contributed by atoms with Crippen LogP contribution >= 0.6 is 0 Å². The van der Waals surface area contributed by atoms with Crippen LogP contribution in [-0.2, 0) is 20.0 Å². The van der Waals surface area contributed by atoms with Crippen molar-refractivity contribution in [2.24, 2.45) is 0 Å². The summed E-state index contributed by atoms with van der Waals surface area (Å²) < 4.78 is 31.9. The van der Waals surface area contributed by atoms with Gasteiger partial charge in [0, 0.05) is 5.56 Å². The fraction of sp³-hybridized carbons (Fsp3) is 0.536.